The number of hydrogen-bond acceptors (Lipinski definition) is 3. The van der Waals surface area contributed by atoms with Crippen LogP contribution in [0.3, 0.4) is 0 Å². The molecule has 0 aliphatic carbocycles. The third-order valence-corrected chi connectivity index (χ3v) is 2.99. The molecule has 2 rings (SSSR count). The Bertz CT molecular complexity index is 546. The van der Waals surface area contributed by atoms with Gasteiger partial charge in [-0.15, -0.1) is 0 Å². The monoisotopic (exact) mass is 256 g/mol. The molecule has 0 saturated carbocycles. The Balaban J connectivity index is 2.32. The Morgan fingerprint density at radius 1 is 1.11 bits per heavy atom. The highest BCUT2D eigenvalue weighted by Gasteiger charge is 2.11. The van der Waals surface area contributed by atoms with E-state index in [9.17, 15) is 0 Å². The van der Waals surface area contributed by atoms with Gasteiger partial charge in [-0.25, -0.2) is 0 Å². The zero-order valence-electron chi connectivity index (χ0n) is 11.7. The molecule has 1 aromatic heterocycles. The average molecular weight is 256 g/mol. The van der Waals surface area contributed by atoms with Gasteiger partial charge < -0.3 is 10.5 Å². The lowest BCUT2D eigenvalue weighted by Gasteiger charge is -2.15. The number of nitrogens with zero attached hydrogens (tertiary/aromatic N) is 1. The van der Waals surface area contributed by atoms with Gasteiger partial charge in [-0.05, 0) is 56.2 Å². The first kappa shape index (κ1) is 13.6. The van der Waals surface area contributed by atoms with E-state index in [1.807, 2.05) is 57.2 Å². The zero-order valence-corrected chi connectivity index (χ0v) is 11.7. The molecule has 0 fully saturated rings. The predicted octanol–water partition coefficient (Wildman–Crippen LogP) is 3.15. The minimum Gasteiger partial charge on any atom is -0.494 e. The highest BCUT2D eigenvalue weighted by Crippen LogP contribution is 2.24. The van der Waals surface area contributed by atoms with Crippen molar-refractivity contribution in [2.45, 2.75) is 26.8 Å². The van der Waals surface area contributed by atoms with Gasteiger partial charge in [-0.3, -0.25) is 4.98 Å². The zero-order chi connectivity index (χ0) is 13.8. The Morgan fingerprint density at radius 2 is 1.79 bits per heavy atom. The first-order chi connectivity index (χ1) is 9.10. The molecule has 0 aliphatic heterocycles. The molecule has 2 aromatic rings. The van der Waals surface area contributed by atoms with Crippen LogP contribution in [0.1, 0.15) is 35.5 Å². The molecule has 0 radical (unpaired) electrons. The highest BCUT2D eigenvalue weighted by molar-refractivity contribution is 5.37. The largest absolute Gasteiger partial charge is 0.494 e. The summed E-state index contributed by atoms with van der Waals surface area (Å²) in [6, 6.07) is 11.9. The van der Waals surface area contributed by atoms with E-state index in [1.165, 1.54) is 0 Å². The fraction of sp³-hybridized carbons (Fsp3) is 0.312. The van der Waals surface area contributed by atoms with E-state index in [0.717, 1.165) is 28.3 Å². The van der Waals surface area contributed by atoms with E-state index < -0.39 is 0 Å². The van der Waals surface area contributed by atoms with Gasteiger partial charge >= 0.3 is 0 Å². The van der Waals surface area contributed by atoms with E-state index in [0.29, 0.717) is 6.61 Å². The van der Waals surface area contributed by atoms with Crippen molar-refractivity contribution < 1.29 is 4.74 Å². The van der Waals surface area contributed by atoms with Crippen LogP contribution >= 0.6 is 0 Å². The summed E-state index contributed by atoms with van der Waals surface area (Å²) >= 11 is 0. The molecule has 0 saturated heterocycles. The van der Waals surface area contributed by atoms with Crippen LogP contribution in [0.25, 0.3) is 0 Å². The van der Waals surface area contributed by atoms with Gasteiger partial charge in [0.2, 0.25) is 0 Å². The van der Waals surface area contributed by atoms with Crippen LogP contribution < -0.4 is 10.5 Å². The number of benzene rings is 1. The molecule has 0 bridgehead atoms. The summed E-state index contributed by atoms with van der Waals surface area (Å²) in [5, 5.41) is 0. The molecule has 1 unspecified atom stereocenters. The summed E-state index contributed by atoms with van der Waals surface area (Å²) in [4.78, 5) is 4.38. The third-order valence-electron chi connectivity index (χ3n) is 2.99. The molecule has 1 atom stereocenters. The van der Waals surface area contributed by atoms with Crippen molar-refractivity contribution in [1.82, 2.24) is 4.98 Å². The van der Waals surface area contributed by atoms with Crippen LogP contribution in [-0.4, -0.2) is 11.6 Å². The second kappa shape index (κ2) is 5.85. The van der Waals surface area contributed by atoms with Crippen LogP contribution in [0.15, 0.2) is 36.4 Å². The van der Waals surface area contributed by atoms with Gasteiger partial charge in [0.05, 0.1) is 12.6 Å². The van der Waals surface area contributed by atoms with E-state index in [2.05, 4.69) is 4.98 Å². The molecule has 1 heterocycles. The lowest BCUT2D eigenvalue weighted by Crippen LogP contribution is -2.13. The molecule has 19 heavy (non-hydrogen) atoms. The van der Waals surface area contributed by atoms with Crippen LogP contribution in [-0.2, 0) is 0 Å². The Morgan fingerprint density at radius 3 is 2.42 bits per heavy atom. The molecule has 100 valence electrons. The Kier molecular flexibility index (Phi) is 4.17. The minimum atomic E-state index is -0.152. The molecular weight excluding hydrogens is 236 g/mol. The van der Waals surface area contributed by atoms with Crippen molar-refractivity contribution >= 4 is 0 Å². The first-order valence-corrected chi connectivity index (χ1v) is 6.53. The predicted molar refractivity (Wildman–Crippen MR) is 77.4 cm³/mol. The summed E-state index contributed by atoms with van der Waals surface area (Å²) in [6.45, 7) is 6.61. The van der Waals surface area contributed by atoms with Gasteiger partial charge in [0.15, 0.2) is 0 Å². The average Bonchev–Trinajstić information content (AvgIpc) is 2.37. The highest BCUT2D eigenvalue weighted by atomic mass is 16.5. The van der Waals surface area contributed by atoms with Crippen molar-refractivity contribution in [3.63, 3.8) is 0 Å². The van der Waals surface area contributed by atoms with E-state index >= 15 is 0 Å². The number of hydrogen-bond donors (Lipinski definition) is 1. The van der Waals surface area contributed by atoms with Crippen LogP contribution in [0, 0.1) is 13.8 Å². The quantitative estimate of drug-likeness (QED) is 0.914. The summed E-state index contributed by atoms with van der Waals surface area (Å²) in [5.74, 6) is 0.859. The standard InChI is InChI=1S/C16H20N2O/c1-4-19-15-7-5-6-13(10-15)16(17)14-8-11(2)18-12(3)9-14/h5-10,16H,4,17H2,1-3H3. The van der Waals surface area contributed by atoms with Crippen molar-refractivity contribution in [2.24, 2.45) is 5.73 Å². The molecule has 2 N–H and O–H groups in total. The van der Waals surface area contributed by atoms with E-state index in [-0.39, 0.29) is 6.04 Å². The maximum Gasteiger partial charge on any atom is 0.119 e. The molecule has 1 aromatic carbocycles. The number of pyridine rings is 1. The molecule has 3 heteroatoms. The van der Waals surface area contributed by atoms with Gasteiger partial charge in [0.25, 0.3) is 0 Å². The number of ether oxygens (including phenoxy) is 1. The van der Waals surface area contributed by atoms with Crippen molar-refractivity contribution in [3.8, 4) is 5.75 Å². The SMILES string of the molecule is CCOc1cccc(C(N)c2cc(C)nc(C)c2)c1. The van der Waals surface area contributed by atoms with E-state index in [1.54, 1.807) is 0 Å². The number of aryl methyl sites for hydroxylation is 2. The van der Waals surface area contributed by atoms with Crippen LogP contribution in [0.4, 0.5) is 0 Å². The number of aromatic nitrogens is 1. The van der Waals surface area contributed by atoms with Crippen LogP contribution in [0.5, 0.6) is 5.75 Å². The number of rotatable bonds is 4. The smallest absolute Gasteiger partial charge is 0.119 e. The molecular formula is C16H20N2O. The van der Waals surface area contributed by atoms with Gasteiger partial charge in [-0.2, -0.15) is 0 Å². The molecule has 0 amide bonds. The first-order valence-electron chi connectivity index (χ1n) is 6.53. The topological polar surface area (TPSA) is 48.1 Å². The summed E-state index contributed by atoms with van der Waals surface area (Å²) in [7, 11) is 0. The normalized spacial score (nSPS) is 12.2. The Labute approximate surface area is 114 Å². The summed E-state index contributed by atoms with van der Waals surface area (Å²) in [5.41, 5.74) is 10.5. The third kappa shape index (κ3) is 3.32. The lowest BCUT2D eigenvalue weighted by molar-refractivity contribution is 0.340. The molecule has 0 spiro atoms. The van der Waals surface area contributed by atoms with Gasteiger partial charge in [-0.1, -0.05) is 12.1 Å². The Hall–Kier alpha value is -1.87. The fourth-order valence-electron chi connectivity index (χ4n) is 2.20. The second-order valence-electron chi connectivity index (χ2n) is 4.67. The second-order valence-corrected chi connectivity index (χ2v) is 4.67. The number of nitrogens with two attached hydrogens (primary N) is 1. The van der Waals surface area contributed by atoms with Crippen molar-refractivity contribution in [2.75, 3.05) is 6.61 Å². The van der Waals surface area contributed by atoms with Gasteiger partial charge in [0.1, 0.15) is 5.75 Å². The maximum absolute atomic E-state index is 6.34. The summed E-state index contributed by atoms with van der Waals surface area (Å²) < 4.78 is 5.51. The fourth-order valence-corrected chi connectivity index (χ4v) is 2.20. The van der Waals surface area contributed by atoms with Crippen LogP contribution in [0.2, 0.25) is 0 Å². The van der Waals surface area contributed by atoms with E-state index in [4.69, 9.17) is 10.5 Å². The summed E-state index contributed by atoms with van der Waals surface area (Å²) in [6.07, 6.45) is 0. The van der Waals surface area contributed by atoms with Gasteiger partial charge in [0, 0.05) is 11.4 Å². The molecule has 3 nitrogen and oxygen atoms in total. The molecule has 0 aliphatic rings. The maximum atomic E-state index is 6.34. The van der Waals surface area contributed by atoms with Crippen molar-refractivity contribution in [1.29, 1.82) is 0 Å². The van der Waals surface area contributed by atoms with Crippen molar-refractivity contribution in [3.05, 3.63) is 58.9 Å². The lowest BCUT2D eigenvalue weighted by atomic mass is 9.99. The minimum absolute atomic E-state index is 0.152.